The number of benzene rings is 1. The SMILES string of the molecule is CCCC[C@H](N)c1cc(F)ccc1Br.Cl. The zero-order valence-electron chi connectivity index (χ0n) is 8.67. The summed E-state index contributed by atoms with van der Waals surface area (Å²) in [7, 11) is 0. The largest absolute Gasteiger partial charge is 0.324 e. The summed E-state index contributed by atoms with van der Waals surface area (Å²) in [6.07, 6.45) is 3.09. The molecule has 0 amide bonds. The fraction of sp³-hybridized carbons (Fsp3) is 0.455. The molecule has 1 aromatic rings. The van der Waals surface area contributed by atoms with Crippen molar-refractivity contribution >= 4 is 28.3 Å². The summed E-state index contributed by atoms with van der Waals surface area (Å²) in [6.45, 7) is 2.12. The molecule has 0 aliphatic rings. The Morgan fingerprint density at radius 2 is 2.13 bits per heavy atom. The van der Waals surface area contributed by atoms with Crippen LogP contribution in [0.15, 0.2) is 22.7 Å². The number of nitrogens with two attached hydrogens (primary N) is 1. The van der Waals surface area contributed by atoms with Gasteiger partial charge in [0.05, 0.1) is 0 Å². The summed E-state index contributed by atoms with van der Waals surface area (Å²) < 4.78 is 13.8. The van der Waals surface area contributed by atoms with Gasteiger partial charge in [0, 0.05) is 10.5 Å². The Labute approximate surface area is 105 Å². The van der Waals surface area contributed by atoms with Crippen molar-refractivity contribution in [3.8, 4) is 0 Å². The summed E-state index contributed by atoms with van der Waals surface area (Å²) in [6, 6.07) is 4.57. The third kappa shape index (κ3) is 4.49. The van der Waals surface area contributed by atoms with Gasteiger partial charge in [-0.05, 0) is 30.2 Å². The van der Waals surface area contributed by atoms with Crippen molar-refractivity contribution in [2.45, 2.75) is 32.2 Å². The quantitative estimate of drug-likeness (QED) is 0.885. The number of hydrogen-bond donors (Lipinski definition) is 1. The van der Waals surface area contributed by atoms with Crippen LogP contribution in [-0.2, 0) is 0 Å². The average Bonchev–Trinajstić information content (AvgIpc) is 2.18. The smallest absolute Gasteiger partial charge is 0.123 e. The first-order valence-electron chi connectivity index (χ1n) is 4.85. The van der Waals surface area contributed by atoms with E-state index in [1.165, 1.54) is 12.1 Å². The lowest BCUT2D eigenvalue weighted by molar-refractivity contribution is 0.586. The molecule has 1 nitrogen and oxygen atoms in total. The van der Waals surface area contributed by atoms with Crippen LogP contribution in [0.25, 0.3) is 0 Å². The van der Waals surface area contributed by atoms with E-state index >= 15 is 0 Å². The summed E-state index contributed by atoms with van der Waals surface area (Å²) in [4.78, 5) is 0. The first-order chi connectivity index (χ1) is 6.65. The number of rotatable bonds is 4. The first-order valence-corrected chi connectivity index (χ1v) is 5.65. The second-order valence-corrected chi connectivity index (χ2v) is 4.27. The Kier molecular flexibility index (Phi) is 7.14. The van der Waals surface area contributed by atoms with Crippen LogP contribution < -0.4 is 5.73 Å². The molecule has 0 aliphatic carbocycles. The van der Waals surface area contributed by atoms with Crippen LogP contribution in [0.4, 0.5) is 4.39 Å². The van der Waals surface area contributed by atoms with E-state index < -0.39 is 0 Å². The second-order valence-electron chi connectivity index (χ2n) is 3.41. The molecule has 0 aromatic heterocycles. The van der Waals surface area contributed by atoms with Crippen LogP contribution in [0.3, 0.4) is 0 Å². The monoisotopic (exact) mass is 295 g/mol. The second kappa shape index (κ2) is 7.20. The molecule has 0 saturated heterocycles. The fourth-order valence-electron chi connectivity index (χ4n) is 1.38. The van der Waals surface area contributed by atoms with Gasteiger partial charge in [0.1, 0.15) is 5.82 Å². The standard InChI is InChI=1S/C11H15BrFN.ClH/c1-2-3-4-11(14)9-7-8(13)5-6-10(9)12;/h5-7,11H,2-4,14H2,1H3;1H/t11-;/m0./s1. The van der Waals surface area contributed by atoms with E-state index in [9.17, 15) is 4.39 Å². The van der Waals surface area contributed by atoms with Gasteiger partial charge in [0.2, 0.25) is 0 Å². The Morgan fingerprint density at radius 1 is 1.47 bits per heavy atom. The molecule has 0 bridgehead atoms. The van der Waals surface area contributed by atoms with Crippen LogP contribution in [0.2, 0.25) is 0 Å². The molecule has 0 spiro atoms. The third-order valence-electron chi connectivity index (χ3n) is 2.23. The van der Waals surface area contributed by atoms with E-state index in [0.717, 1.165) is 29.3 Å². The maximum Gasteiger partial charge on any atom is 0.123 e. The minimum Gasteiger partial charge on any atom is -0.324 e. The molecule has 1 rings (SSSR count). The third-order valence-corrected chi connectivity index (χ3v) is 2.95. The average molecular weight is 297 g/mol. The number of halogens is 3. The predicted octanol–water partition coefficient (Wildman–Crippen LogP) is 4.20. The van der Waals surface area contributed by atoms with Crippen molar-refractivity contribution in [2.24, 2.45) is 5.73 Å². The highest BCUT2D eigenvalue weighted by Crippen LogP contribution is 2.25. The van der Waals surface area contributed by atoms with Gasteiger partial charge in [-0.25, -0.2) is 4.39 Å². The number of hydrogen-bond acceptors (Lipinski definition) is 1. The van der Waals surface area contributed by atoms with Crippen LogP contribution in [0.1, 0.15) is 37.8 Å². The van der Waals surface area contributed by atoms with E-state index in [1.54, 1.807) is 6.07 Å². The molecular formula is C11H16BrClFN. The molecule has 0 saturated carbocycles. The molecule has 0 radical (unpaired) electrons. The van der Waals surface area contributed by atoms with Gasteiger partial charge in [0.25, 0.3) is 0 Å². The summed E-state index contributed by atoms with van der Waals surface area (Å²) in [5, 5.41) is 0. The molecule has 86 valence electrons. The fourth-order valence-corrected chi connectivity index (χ4v) is 1.92. The van der Waals surface area contributed by atoms with Gasteiger partial charge in [-0.2, -0.15) is 0 Å². The molecule has 15 heavy (non-hydrogen) atoms. The Balaban J connectivity index is 0.00000196. The summed E-state index contributed by atoms with van der Waals surface area (Å²) >= 11 is 3.38. The first kappa shape index (κ1) is 14.9. The maximum absolute atomic E-state index is 13.0. The topological polar surface area (TPSA) is 26.0 Å². The minimum atomic E-state index is -0.227. The van der Waals surface area contributed by atoms with E-state index in [1.807, 2.05) is 0 Å². The lowest BCUT2D eigenvalue weighted by Crippen LogP contribution is -2.11. The van der Waals surface area contributed by atoms with E-state index in [-0.39, 0.29) is 24.3 Å². The zero-order chi connectivity index (χ0) is 10.6. The zero-order valence-corrected chi connectivity index (χ0v) is 11.1. The van der Waals surface area contributed by atoms with Crippen LogP contribution in [-0.4, -0.2) is 0 Å². The maximum atomic E-state index is 13.0. The molecule has 4 heteroatoms. The van der Waals surface area contributed by atoms with Crippen molar-refractivity contribution in [1.29, 1.82) is 0 Å². The van der Waals surface area contributed by atoms with Crippen molar-refractivity contribution in [2.75, 3.05) is 0 Å². The lowest BCUT2D eigenvalue weighted by Gasteiger charge is -2.13. The molecule has 2 N–H and O–H groups in total. The van der Waals surface area contributed by atoms with Gasteiger partial charge in [0.15, 0.2) is 0 Å². The van der Waals surface area contributed by atoms with Gasteiger partial charge in [-0.15, -0.1) is 12.4 Å². The van der Waals surface area contributed by atoms with Crippen molar-refractivity contribution < 1.29 is 4.39 Å². The van der Waals surface area contributed by atoms with Gasteiger partial charge in [-0.1, -0.05) is 35.7 Å². The van der Waals surface area contributed by atoms with Crippen molar-refractivity contribution in [3.05, 3.63) is 34.1 Å². The van der Waals surface area contributed by atoms with Crippen molar-refractivity contribution in [1.82, 2.24) is 0 Å². The van der Waals surface area contributed by atoms with E-state index in [4.69, 9.17) is 5.73 Å². The minimum absolute atomic E-state index is 0. The lowest BCUT2D eigenvalue weighted by atomic mass is 10.0. The van der Waals surface area contributed by atoms with Gasteiger partial charge < -0.3 is 5.73 Å². The summed E-state index contributed by atoms with van der Waals surface area (Å²) in [5.41, 5.74) is 6.81. The van der Waals surface area contributed by atoms with Crippen LogP contribution in [0, 0.1) is 5.82 Å². The molecular weight excluding hydrogens is 280 g/mol. The van der Waals surface area contributed by atoms with Gasteiger partial charge in [-0.3, -0.25) is 0 Å². The molecule has 0 heterocycles. The van der Waals surface area contributed by atoms with E-state index in [0.29, 0.717) is 0 Å². The highest BCUT2D eigenvalue weighted by atomic mass is 79.9. The molecule has 1 atom stereocenters. The normalized spacial score (nSPS) is 12.0. The highest BCUT2D eigenvalue weighted by molar-refractivity contribution is 9.10. The Morgan fingerprint density at radius 3 is 2.73 bits per heavy atom. The Bertz CT molecular complexity index is 307. The molecule has 1 aromatic carbocycles. The molecule has 0 aliphatic heterocycles. The van der Waals surface area contributed by atoms with Gasteiger partial charge >= 0.3 is 0 Å². The van der Waals surface area contributed by atoms with Crippen LogP contribution in [0.5, 0.6) is 0 Å². The highest BCUT2D eigenvalue weighted by Gasteiger charge is 2.09. The Hall–Kier alpha value is -0.120. The molecule has 0 fully saturated rings. The predicted molar refractivity (Wildman–Crippen MR) is 67.8 cm³/mol. The van der Waals surface area contributed by atoms with Crippen molar-refractivity contribution in [3.63, 3.8) is 0 Å². The van der Waals surface area contributed by atoms with E-state index in [2.05, 4.69) is 22.9 Å². The molecule has 0 unspecified atom stereocenters. The van der Waals surface area contributed by atoms with Crippen LogP contribution >= 0.6 is 28.3 Å². The summed E-state index contributed by atoms with van der Waals surface area (Å²) in [5.74, 6) is -0.227. The number of unbranched alkanes of at least 4 members (excludes halogenated alkanes) is 1.